The van der Waals surface area contributed by atoms with Gasteiger partial charge >= 0.3 is 12.2 Å². The molecule has 0 saturated carbocycles. The number of carbonyl (C=O) groups excluding carboxylic acids is 2. The lowest BCUT2D eigenvalue weighted by atomic mass is 9.82. The minimum absolute atomic E-state index is 0.232. The first-order valence-corrected chi connectivity index (χ1v) is 10.7. The molecule has 3 rings (SSSR count). The SMILES string of the molecule is CC(C)(C)OC(=O)NC1(c2ccccc2Oc2ccccc2)CN(C(=O)OC(C)(C)C)C1. The summed E-state index contributed by atoms with van der Waals surface area (Å²) in [4.78, 5) is 26.8. The molecule has 7 heteroatoms. The van der Waals surface area contributed by atoms with Gasteiger partial charge in [-0.25, -0.2) is 9.59 Å². The normalized spacial score (nSPS) is 15.4. The molecule has 7 nitrogen and oxygen atoms in total. The molecule has 32 heavy (non-hydrogen) atoms. The lowest BCUT2D eigenvalue weighted by Crippen LogP contribution is -2.69. The van der Waals surface area contributed by atoms with Crippen LogP contribution >= 0.6 is 0 Å². The van der Waals surface area contributed by atoms with Crippen molar-refractivity contribution in [3.05, 3.63) is 60.2 Å². The molecule has 1 aliphatic heterocycles. The molecule has 1 N–H and O–H groups in total. The van der Waals surface area contributed by atoms with Crippen LogP contribution in [0.2, 0.25) is 0 Å². The lowest BCUT2D eigenvalue weighted by molar-refractivity contribution is -0.0234. The molecule has 0 unspecified atom stereocenters. The molecule has 2 aromatic carbocycles. The molecule has 1 saturated heterocycles. The smallest absolute Gasteiger partial charge is 0.410 e. The van der Waals surface area contributed by atoms with Crippen molar-refractivity contribution in [2.24, 2.45) is 0 Å². The molecule has 1 aliphatic rings. The van der Waals surface area contributed by atoms with Gasteiger partial charge in [-0.15, -0.1) is 0 Å². The molecule has 172 valence electrons. The van der Waals surface area contributed by atoms with Crippen molar-refractivity contribution in [2.45, 2.75) is 58.3 Å². The maximum atomic E-state index is 12.7. The van der Waals surface area contributed by atoms with E-state index in [4.69, 9.17) is 14.2 Å². The number of benzene rings is 2. The first-order chi connectivity index (χ1) is 14.9. The van der Waals surface area contributed by atoms with Crippen LogP contribution in [-0.2, 0) is 15.0 Å². The van der Waals surface area contributed by atoms with Crippen molar-refractivity contribution >= 4 is 12.2 Å². The van der Waals surface area contributed by atoms with Crippen LogP contribution in [0.1, 0.15) is 47.1 Å². The predicted molar refractivity (Wildman–Crippen MR) is 122 cm³/mol. The van der Waals surface area contributed by atoms with Crippen LogP contribution in [-0.4, -0.2) is 41.4 Å². The number of para-hydroxylation sites is 2. The van der Waals surface area contributed by atoms with Gasteiger partial charge in [0.15, 0.2) is 0 Å². The lowest BCUT2D eigenvalue weighted by Gasteiger charge is -2.50. The number of rotatable bonds is 4. The van der Waals surface area contributed by atoms with E-state index in [9.17, 15) is 9.59 Å². The number of hydrogen-bond donors (Lipinski definition) is 1. The van der Waals surface area contributed by atoms with Gasteiger partial charge in [-0.05, 0) is 59.7 Å². The molecule has 2 amide bonds. The number of carbonyl (C=O) groups is 2. The van der Waals surface area contributed by atoms with E-state index >= 15 is 0 Å². The van der Waals surface area contributed by atoms with Gasteiger partial charge in [0.1, 0.15) is 28.2 Å². The van der Waals surface area contributed by atoms with Crippen molar-refractivity contribution < 1.29 is 23.8 Å². The Bertz CT molecular complexity index is 954. The molecule has 0 atom stereocenters. The zero-order valence-corrected chi connectivity index (χ0v) is 19.6. The summed E-state index contributed by atoms with van der Waals surface area (Å²) in [6, 6.07) is 16.9. The Balaban J connectivity index is 1.89. The molecule has 0 spiro atoms. The van der Waals surface area contributed by atoms with Crippen LogP contribution in [0.3, 0.4) is 0 Å². The third kappa shape index (κ3) is 5.93. The molecular weight excluding hydrogens is 408 g/mol. The highest BCUT2D eigenvalue weighted by Crippen LogP contribution is 2.40. The maximum Gasteiger partial charge on any atom is 0.410 e. The average molecular weight is 441 g/mol. The average Bonchev–Trinajstić information content (AvgIpc) is 2.63. The highest BCUT2D eigenvalue weighted by molar-refractivity contribution is 5.74. The van der Waals surface area contributed by atoms with Crippen LogP contribution < -0.4 is 10.1 Å². The van der Waals surface area contributed by atoms with Gasteiger partial charge in [0, 0.05) is 5.56 Å². The van der Waals surface area contributed by atoms with E-state index in [1.165, 1.54) is 0 Å². The fourth-order valence-electron chi connectivity index (χ4n) is 3.44. The van der Waals surface area contributed by atoms with Crippen LogP contribution in [0, 0.1) is 0 Å². The second-order valence-electron chi connectivity index (χ2n) is 9.96. The van der Waals surface area contributed by atoms with Gasteiger partial charge in [-0.1, -0.05) is 36.4 Å². The van der Waals surface area contributed by atoms with E-state index in [0.29, 0.717) is 11.5 Å². The fraction of sp³-hybridized carbons (Fsp3) is 0.440. The highest BCUT2D eigenvalue weighted by Gasteiger charge is 2.51. The van der Waals surface area contributed by atoms with Gasteiger partial charge in [-0.3, -0.25) is 0 Å². The van der Waals surface area contributed by atoms with Crippen molar-refractivity contribution in [3.63, 3.8) is 0 Å². The Morgan fingerprint density at radius 1 is 0.844 bits per heavy atom. The third-order valence-electron chi connectivity index (χ3n) is 4.69. The zero-order valence-electron chi connectivity index (χ0n) is 19.6. The highest BCUT2D eigenvalue weighted by atomic mass is 16.6. The van der Waals surface area contributed by atoms with Gasteiger partial charge in [0.2, 0.25) is 0 Å². The number of alkyl carbamates (subject to hydrolysis) is 1. The largest absolute Gasteiger partial charge is 0.457 e. The standard InChI is InChI=1S/C25H32N2O5/c1-23(2,3)31-21(28)26-25(16-27(17-25)22(29)32-24(4,5)6)19-14-10-11-15-20(19)30-18-12-8-7-9-13-18/h7-15H,16-17H2,1-6H3,(H,26,28). The minimum Gasteiger partial charge on any atom is -0.457 e. The molecule has 1 heterocycles. The fourth-order valence-corrected chi connectivity index (χ4v) is 3.44. The van der Waals surface area contributed by atoms with Gasteiger partial charge in [-0.2, -0.15) is 0 Å². The third-order valence-corrected chi connectivity index (χ3v) is 4.69. The summed E-state index contributed by atoms with van der Waals surface area (Å²) in [5, 5.41) is 2.99. The van der Waals surface area contributed by atoms with E-state index in [-0.39, 0.29) is 13.1 Å². The molecule has 0 radical (unpaired) electrons. The van der Waals surface area contributed by atoms with Crippen molar-refractivity contribution in [1.29, 1.82) is 0 Å². The predicted octanol–water partition coefficient (Wildman–Crippen LogP) is 5.45. The van der Waals surface area contributed by atoms with Crippen LogP contribution in [0.4, 0.5) is 9.59 Å². The van der Waals surface area contributed by atoms with Crippen LogP contribution in [0.25, 0.3) is 0 Å². The molecular formula is C25H32N2O5. The van der Waals surface area contributed by atoms with E-state index in [0.717, 1.165) is 5.56 Å². The summed E-state index contributed by atoms with van der Waals surface area (Å²) in [6.45, 7) is 11.3. The Kier molecular flexibility index (Phi) is 6.39. The summed E-state index contributed by atoms with van der Waals surface area (Å²) in [6.07, 6.45) is -0.989. The topological polar surface area (TPSA) is 77.1 Å². The number of nitrogens with zero attached hydrogens (tertiary/aromatic N) is 1. The quantitative estimate of drug-likeness (QED) is 0.684. The Morgan fingerprint density at radius 3 is 2.00 bits per heavy atom. The minimum atomic E-state index is -0.870. The number of ether oxygens (including phenoxy) is 3. The number of hydrogen-bond acceptors (Lipinski definition) is 5. The molecule has 2 aromatic rings. The van der Waals surface area contributed by atoms with Crippen LogP contribution in [0.5, 0.6) is 11.5 Å². The maximum absolute atomic E-state index is 12.7. The van der Waals surface area contributed by atoms with Crippen molar-refractivity contribution in [1.82, 2.24) is 10.2 Å². The summed E-state index contributed by atoms with van der Waals surface area (Å²) in [5.41, 5.74) is -1.37. The monoisotopic (exact) mass is 440 g/mol. The van der Waals surface area contributed by atoms with E-state index in [1.54, 1.807) is 25.7 Å². The summed E-state index contributed by atoms with van der Waals surface area (Å²) in [5.74, 6) is 1.27. The first kappa shape index (κ1) is 23.4. The zero-order chi connectivity index (χ0) is 23.6. The number of amides is 2. The first-order valence-electron chi connectivity index (χ1n) is 10.7. The van der Waals surface area contributed by atoms with Crippen molar-refractivity contribution in [2.75, 3.05) is 13.1 Å². The Morgan fingerprint density at radius 2 is 1.41 bits per heavy atom. The Hall–Kier alpha value is -3.22. The summed E-state index contributed by atoms with van der Waals surface area (Å²) >= 11 is 0. The van der Waals surface area contributed by atoms with E-state index in [1.807, 2.05) is 75.4 Å². The molecule has 1 fully saturated rings. The van der Waals surface area contributed by atoms with Crippen LogP contribution in [0.15, 0.2) is 54.6 Å². The van der Waals surface area contributed by atoms with Gasteiger partial charge in [0.25, 0.3) is 0 Å². The van der Waals surface area contributed by atoms with E-state index in [2.05, 4.69) is 5.32 Å². The second-order valence-corrected chi connectivity index (χ2v) is 9.96. The van der Waals surface area contributed by atoms with Crippen molar-refractivity contribution in [3.8, 4) is 11.5 Å². The molecule has 0 bridgehead atoms. The number of nitrogens with one attached hydrogen (secondary N) is 1. The molecule has 0 aromatic heterocycles. The van der Waals surface area contributed by atoms with E-state index < -0.39 is 28.9 Å². The van der Waals surface area contributed by atoms with Gasteiger partial charge in [0.05, 0.1) is 13.1 Å². The number of likely N-dealkylation sites (tertiary alicyclic amines) is 1. The van der Waals surface area contributed by atoms with Gasteiger partial charge < -0.3 is 24.4 Å². The second kappa shape index (κ2) is 8.73. The molecule has 0 aliphatic carbocycles. The summed E-state index contributed by atoms with van der Waals surface area (Å²) < 4.78 is 17.1. The Labute approximate surface area is 189 Å². The summed E-state index contributed by atoms with van der Waals surface area (Å²) in [7, 11) is 0.